The number of thiophene rings is 1. The summed E-state index contributed by atoms with van der Waals surface area (Å²) in [5, 5.41) is 15.6. The van der Waals surface area contributed by atoms with Gasteiger partial charge in [0.25, 0.3) is 5.56 Å². The van der Waals surface area contributed by atoms with Crippen molar-refractivity contribution in [2.24, 2.45) is 0 Å². The van der Waals surface area contributed by atoms with E-state index in [9.17, 15) is 19.5 Å². The van der Waals surface area contributed by atoms with E-state index < -0.39 is 23.9 Å². The number of carbonyl (C=O) groups excluding carboxylic acids is 1. The third kappa shape index (κ3) is 5.49. The van der Waals surface area contributed by atoms with Gasteiger partial charge < -0.3 is 14.4 Å². The fraction of sp³-hybridized carbons (Fsp3) is 0.156. The molecule has 0 aliphatic carbocycles. The minimum Gasteiger partial charge on any atom is -0.528 e. The molecule has 0 fully saturated rings. The van der Waals surface area contributed by atoms with Gasteiger partial charge in [-0.2, -0.15) is 5.16 Å². The second-order valence-electron chi connectivity index (χ2n) is 9.94. The Morgan fingerprint density at radius 2 is 1.77 bits per heavy atom. The van der Waals surface area contributed by atoms with Crippen LogP contribution in [0.2, 0.25) is 0 Å². The molecular weight excluding hydrogens is 648 g/mol. The Morgan fingerprint density at radius 3 is 2.43 bits per heavy atom. The molecule has 0 aliphatic rings. The summed E-state index contributed by atoms with van der Waals surface area (Å²) >= 11 is 4.78. The molecule has 3 heterocycles. The van der Waals surface area contributed by atoms with Gasteiger partial charge in [-0.1, -0.05) is 55.5 Å². The Labute approximate surface area is 262 Å². The molecule has 44 heavy (non-hydrogen) atoms. The van der Waals surface area contributed by atoms with Crippen molar-refractivity contribution in [2.45, 2.75) is 26.4 Å². The van der Waals surface area contributed by atoms with Crippen molar-refractivity contribution in [3.8, 4) is 34.3 Å². The van der Waals surface area contributed by atoms with Crippen LogP contribution < -0.4 is 21.1 Å². The lowest BCUT2D eigenvalue weighted by molar-refractivity contribution is -0.303. The van der Waals surface area contributed by atoms with Gasteiger partial charge in [0, 0.05) is 16.0 Å². The van der Waals surface area contributed by atoms with Crippen LogP contribution in [0.3, 0.4) is 0 Å². The van der Waals surface area contributed by atoms with Crippen molar-refractivity contribution >= 4 is 43.3 Å². The van der Waals surface area contributed by atoms with Crippen molar-refractivity contribution in [1.82, 2.24) is 19.3 Å². The number of benzene rings is 3. The molecule has 10 nitrogen and oxygen atoms in total. The molecule has 3 aromatic carbocycles. The van der Waals surface area contributed by atoms with Crippen LogP contribution in [-0.4, -0.2) is 32.2 Å². The molecular formula is C32H24BrN4O6S-. The van der Waals surface area contributed by atoms with Crippen LogP contribution in [-0.2, 0) is 19.5 Å². The number of hydrogen-bond donors (Lipinski definition) is 0. The molecule has 0 saturated heterocycles. The Kier molecular flexibility index (Phi) is 8.02. The molecule has 3 aromatic heterocycles. The summed E-state index contributed by atoms with van der Waals surface area (Å²) in [7, 11) is 1.53. The fourth-order valence-electron chi connectivity index (χ4n) is 5.00. The monoisotopic (exact) mass is 671 g/mol. The summed E-state index contributed by atoms with van der Waals surface area (Å²) in [6.45, 7) is 1.77. The van der Waals surface area contributed by atoms with E-state index in [1.54, 1.807) is 34.9 Å². The first-order valence-corrected chi connectivity index (χ1v) is 15.2. The number of aromatic nitrogens is 4. The zero-order valence-corrected chi connectivity index (χ0v) is 26.0. The largest absolute Gasteiger partial charge is 0.528 e. The van der Waals surface area contributed by atoms with E-state index >= 15 is 0 Å². The highest BCUT2D eigenvalue weighted by atomic mass is 79.9. The minimum atomic E-state index is -0.762. The molecule has 0 unspecified atom stereocenters. The number of rotatable bonds is 9. The molecule has 6 aromatic rings. The summed E-state index contributed by atoms with van der Waals surface area (Å²) in [6, 6.07) is 21.7. The van der Waals surface area contributed by atoms with Crippen LogP contribution in [0.15, 0.2) is 91.4 Å². The number of hydrogen-bond acceptors (Lipinski definition) is 9. The molecule has 0 aliphatic heterocycles. The number of carbonyl (C=O) groups is 1. The van der Waals surface area contributed by atoms with Crippen molar-refractivity contribution in [1.29, 1.82) is 0 Å². The third-order valence-electron chi connectivity index (χ3n) is 7.25. The van der Waals surface area contributed by atoms with E-state index in [2.05, 4.69) is 30.6 Å². The van der Waals surface area contributed by atoms with E-state index in [-0.39, 0.29) is 18.2 Å². The lowest BCUT2D eigenvalue weighted by Gasteiger charge is -2.13. The van der Waals surface area contributed by atoms with Gasteiger partial charge >= 0.3 is 5.69 Å². The molecule has 0 bridgehead atoms. The van der Waals surface area contributed by atoms with E-state index in [0.717, 1.165) is 26.1 Å². The fourth-order valence-corrected chi connectivity index (χ4v) is 6.62. The number of fused-ring (bicyclic) bond motifs is 1. The van der Waals surface area contributed by atoms with Crippen molar-refractivity contribution < 1.29 is 19.2 Å². The summed E-state index contributed by atoms with van der Waals surface area (Å²) < 4.78 is 13.0. The molecule has 6 rings (SSSR count). The van der Waals surface area contributed by atoms with Crippen LogP contribution >= 0.6 is 27.3 Å². The summed E-state index contributed by atoms with van der Waals surface area (Å²) in [4.78, 5) is 45.9. The molecule has 0 radical (unpaired) electrons. The Balaban J connectivity index is 1.36. The first kappa shape index (κ1) is 29.3. The van der Waals surface area contributed by atoms with E-state index in [4.69, 9.17) is 4.74 Å². The molecule has 0 saturated carbocycles. The predicted molar refractivity (Wildman–Crippen MR) is 168 cm³/mol. The average molecular weight is 673 g/mol. The maximum absolute atomic E-state index is 13.8. The molecule has 222 valence electrons. The van der Waals surface area contributed by atoms with Gasteiger partial charge in [0.1, 0.15) is 10.6 Å². The number of ether oxygens (including phenoxy) is 1. The highest BCUT2D eigenvalue weighted by molar-refractivity contribution is 9.10. The molecule has 0 amide bonds. The second kappa shape index (κ2) is 12.1. The topological polar surface area (TPSA) is 132 Å². The van der Waals surface area contributed by atoms with Crippen LogP contribution in [0.4, 0.5) is 0 Å². The van der Waals surface area contributed by atoms with Gasteiger partial charge in [0.05, 0.1) is 30.1 Å². The normalized spacial score (nSPS) is 11.2. The third-order valence-corrected chi connectivity index (χ3v) is 9.17. The van der Waals surface area contributed by atoms with Gasteiger partial charge in [0.2, 0.25) is 0 Å². The highest BCUT2D eigenvalue weighted by Crippen LogP contribution is 2.31. The molecule has 0 N–H and O–H groups in total. The Morgan fingerprint density at radius 1 is 1.02 bits per heavy atom. The summed E-state index contributed by atoms with van der Waals surface area (Å²) in [5.74, 6) is 0.388. The number of methoxy groups -OCH3 is 1. The SMILES string of the molecule is CCc1cc2c(=O)n(CC(=O)c3ccc(OC)c(Br)c3)c(=O)n(Cc3ccc(-c4ccccc4-c4noc([O-])n4)cc3)c2s1. The van der Waals surface area contributed by atoms with Crippen molar-refractivity contribution in [2.75, 3.05) is 7.11 Å². The Hall–Kier alpha value is -4.81. The number of ketones is 1. The van der Waals surface area contributed by atoms with Gasteiger partial charge in [0.15, 0.2) is 17.7 Å². The van der Waals surface area contributed by atoms with Gasteiger partial charge in [-0.3, -0.25) is 18.7 Å². The quantitative estimate of drug-likeness (QED) is 0.190. The Bertz CT molecular complexity index is 2150. The second-order valence-corrected chi connectivity index (χ2v) is 11.9. The summed E-state index contributed by atoms with van der Waals surface area (Å²) in [6.07, 6.45) is -0.0599. The van der Waals surface area contributed by atoms with E-state index in [1.807, 2.05) is 49.4 Å². The van der Waals surface area contributed by atoms with Crippen LogP contribution in [0.5, 0.6) is 11.8 Å². The molecule has 0 atom stereocenters. The zero-order chi connectivity index (χ0) is 31.0. The average Bonchev–Trinajstić information content (AvgIpc) is 3.68. The summed E-state index contributed by atoms with van der Waals surface area (Å²) in [5.41, 5.74) is 2.42. The van der Waals surface area contributed by atoms with Gasteiger partial charge in [-0.15, -0.1) is 11.3 Å². The smallest absolute Gasteiger partial charge is 0.332 e. The standard InChI is InChI=1S/C32H25BrN4O6S/c1-3-21-15-24-29(39)36(17-26(38)20-12-13-27(42-2)25(33)14-20)32(41)37(30(24)44-21)16-18-8-10-19(11-9-18)22-6-4-5-7-23(22)28-34-31(40)43-35-28/h4-15H,3,16-17H2,1-2H3,(H,34,35,40)/p-1. The first-order valence-electron chi connectivity index (χ1n) is 13.6. The van der Waals surface area contributed by atoms with E-state index in [1.165, 1.54) is 18.4 Å². The van der Waals surface area contributed by atoms with Crippen molar-refractivity contribution in [3.05, 3.63) is 114 Å². The highest BCUT2D eigenvalue weighted by Gasteiger charge is 2.20. The van der Waals surface area contributed by atoms with E-state index in [0.29, 0.717) is 38.0 Å². The molecule has 12 heteroatoms. The maximum atomic E-state index is 13.8. The molecule has 0 spiro atoms. The van der Waals surface area contributed by atoms with Crippen LogP contribution in [0, 0.1) is 0 Å². The first-order chi connectivity index (χ1) is 21.3. The number of Topliss-reactive ketones (excluding diaryl/α,β-unsaturated/α-hetero) is 1. The van der Waals surface area contributed by atoms with Crippen LogP contribution in [0.1, 0.15) is 27.7 Å². The van der Waals surface area contributed by atoms with Gasteiger partial charge in [-0.05, 0) is 63.3 Å². The number of nitrogens with zero attached hydrogens (tertiary/aromatic N) is 4. The number of halogens is 1. The lowest BCUT2D eigenvalue weighted by Crippen LogP contribution is -2.41. The maximum Gasteiger partial charge on any atom is 0.332 e. The minimum absolute atomic E-state index is 0.188. The zero-order valence-electron chi connectivity index (χ0n) is 23.6. The number of aryl methyl sites for hydroxylation is 1. The predicted octanol–water partition coefficient (Wildman–Crippen LogP) is 5.28. The van der Waals surface area contributed by atoms with Crippen LogP contribution in [0.25, 0.3) is 32.7 Å². The van der Waals surface area contributed by atoms with Crippen molar-refractivity contribution in [3.63, 3.8) is 0 Å². The lowest BCUT2D eigenvalue weighted by atomic mass is 9.98. The van der Waals surface area contributed by atoms with Gasteiger partial charge in [-0.25, -0.2) is 9.78 Å².